The molecule has 1 unspecified atom stereocenters. The molecule has 0 aliphatic carbocycles. The van der Waals surface area contributed by atoms with Crippen LogP contribution in [0, 0.1) is 12.3 Å². The molecule has 0 bridgehead atoms. The monoisotopic (exact) mass is 221 g/mol. The first kappa shape index (κ1) is 12.4. The predicted octanol–water partition coefficient (Wildman–Crippen LogP) is 0.464. The molecule has 1 rings (SSSR count). The number of hydrogen-bond acceptors (Lipinski definition) is 4. The van der Waals surface area contributed by atoms with Crippen LogP contribution in [-0.4, -0.2) is 36.1 Å². The molecule has 1 atom stereocenters. The van der Waals surface area contributed by atoms with Crippen LogP contribution in [0.4, 0.5) is 5.69 Å². The minimum Gasteiger partial charge on any atom is -0.479 e. The summed E-state index contributed by atoms with van der Waals surface area (Å²) >= 11 is 0. The van der Waals surface area contributed by atoms with Gasteiger partial charge in [0.05, 0.1) is 18.4 Å². The van der Waals surface area contributed by atoms with Gasteiger partial charge in [-0.1, -0.05) is 18.1 Å². The van der Waals surface area contributed by atoms with Crippen molar-refractivity contribution < 1.29 is 14.9 Å². The standard InChI is InChI=1S/C12H15NO3/c1-2-7-16-12-6-4-3-5-11(12)13-8-10(15)9-14/h1,3-6,10,13-15H,7-9H2. The van der Waals surface area contributed by atoms with Crippen LogP contribution >= 0.6 is 0 Å². The summed E-state index contributed by atoms with van der Waals surface area (Å²) in [5, 5.41) is 20.8. The zero-order chi connectivity index (χ0) is 11.8. The maximum Gasteiger partial charge on any atom is 0.148 e. The Labute approximate surface area is 94.9 Å². The lowest BCUT2D eigenvalue weighted by molar-refractivity contribution is 0.105. The summed E-state index contributed by atoms with van der Waals surface area (Å²) in [6.07, 6.45) is 4.31. The number of benzene rings is 1. The summed E-state index contributed by atoms with van der Waals surface area (Å²) in [7, 11) is 0. The van der Waals surface area contributed by atoms with E-state index in [4.69, 9.17) is 16.3 Å². The van der Waals surface area contributed by atoms with Crippen LogP contribution in [-0.2, 0) is 0 Å². The quantitative estimate of drug-likeness (QED) is 0.611. The van der Waals surface area contributed by atoms with Gasteiger partial charge in [-0.2, -0.15) is 0 Å². The van der Waals surface area contributed by atoms with Gasteiger partial charge < -0.3 is 20.3 Å². The summed E-state index contributed by atoms with van der Waals surface area (Å²) in [6.45, 7) is 0.175. The van der Waals surface area contributed by atoms with Crippen LogP contribution < -0.4 is 10.1 Å². The Bertz CT molecular complexity index is 360. The topological polar surface area (TPSA) is 61.7 Å². The Balaban J connectivity index is 2.60. The van der Waals surface area contributed by atoms with Crippen LogP contribution in [0.2, 0.25) is 0 Å². The average Bonchev–Trinajstić information content (AvgIpc) is 2.34. The molecule has 0 aromatic heterocycles. The fraction of sp³-hybridized carbons (Fsp3) is 0.333. The molecule has 0 aliphatic rings. The van der Waals surface area contributed by atoms with Gasteiger partial charge in [-0.3, -0.25) is 0 Å². The van der Waals surface area contributed by atoms with E-state index in [2.05, 4.69) is 11.2 Å². The fourth-order valence-electron chi connectivity index (χ4n) is 1.15. The lowest BCUT2D eigenvalue weighted by Crippen LogP contribution is -2.23. The van der Waals surface area contributed by atoms with Gasteiger partial charge in [0.2, 0.25) is 0 Å². The van der Waals surface area contributed by atoms with Crippen LogP contribution in [0.15, 0.2) is 24.3 Å². The van der Waals surface area contributed by atoms with Crippen LogP contribution in [0.1, 0.15) is 0 Å². The zero-order valence-corrected chi connectivity index (χ0v) is 8.89. The molecule has 4 nitrogen and oxygen atoms in total. The lowest BCUT2D eigenvalue weighted by Gasteiger charge is -2.13. The van der Waals surface area contributed by atoms with Crippen molar-refractivity contribution >= 4 is 5.69 Å². The SMILES string of the molecule is C#CCOc1ccccc1NCC(O)CO. The van der Waals surface area contributed by atoms with Gasteiger partial charge in [0.15, 0.2) is 0 Å². The predicted molar refractivity (Wildman–Crippen MR) is 62.4 cm³/mol. The molecule has 1 aromatic rings. The highest BCUT2D eigenvalue weighted by Crippen LogP contribution is 2.23. The first-order valence-corrected chi connectivity index (χ1v) is 4.96. The molecule has 3 N–H and O–H groups in total. The number of aliphatic hydroxyl groups is 2. The van der Waals surface area contributed by atoms with Gasteiger partial charge in [-0.25, -0.2) is 0 Å². The Kier molecular flexibility index (Phi) is 5.20. The minimum atomic E-state index is -0.791. The van der Waals surface area contributed by atoms with Crippen LogP contribution in [0.3, 0.4) is 0 Å². The van der Waals surface area contributed by atoms with Crippen molar-refractivity contribution in [2.75, 3.05) is 25.1 Å². The number of rotatable bonds is 6. The first-order valence-electron chi connectivity index (χ1n) is 4.96. The van der Waals surface area contributed by atoms with Crippen molar-refractivity contribution in [3.63, 3.8) is 0 Å². The van der Waals surface area contributed by atoms with E-state index in [0.29, 0.717) is 5.75 Å². The van der Waals surface area contributed by atoms with E-state index in [0.717, 1.165) is 5.69 Å². The Morgan fingerprint density at radius 1 is 1.44 bits per heavy atom. The average molecular weight is 221 g/mol. The van der Waals surface area contributed by atoms with Gasteiger partial charge >= 0.3 is 0 Å². The van der Waals surface area contributed by atoms with Crippen LogP contribution in [0.25, 0.3) is 0 Å². The number of hydrogen-bond donors (Lipinski definition) is 3. The Hall–Kier alpha value is -1.70. The van der Waals surface area contributed by atoms with E-state index >= 15 is 0 Å². The summed E-state index contributed by atoms with van der Waals surface area (Å²) in [6, 6.07) is 7.27. The van der Waals surface area contributed by atoms with Gasteiger partial charge in [0.25, 0.3) is 0 Å². The van der Waals surface area contributed by atoms with Crippen molar-refractivity contribution in [2.24, 2.45) is 0 Å². The summed E-state index contributed by atoms with van der Waals surface area (Å²) < 4.78 is 5.31. The molecule has 0 saturated carbocycles. The second-order valence-electron chi connectivity index (χ2n) is 3.21. The summed E-state index contributed by atoms with van der Waals surface area (Å²) in [5.41, 5.74) is 0.741. The van der Waals surface area contributed by atoms with E-state index < -0.39 is 6.10 Å². The highest BCUT2D eigenvalue weighted by Gasteiger charge is 2.05. The van der Waals surface area contributed by atoms with Crippen molar-refractivity contribution in [1.82, 2.24) is 0 Å². The number of nitrogens with one attached hydrogen (secondary N) is 1. The first-order chi connectivity index (χ1) is 7.77. The Morgan fingerprint density at radius 3 is 2.88 bits per heavy atom. The second-order valence-corrected chi connectivity index (χ2v) is 3.21. The molecule has 4 heteroatoms. The van der Waals surface area contributed by atoms with Gasteiger partial charge in [-0.05, 0) is 12.1 Å². The zero-order valence-electron chi connectivity index (χ0n) is 8.89. The van der Waals surface area contributed by atoms with Gasteiger partial charge in [0.1, 0.15) is 12.4 Å². The molecule has 0 amide bonds. The van der Waals surface area contributed by atoms with Gasteiger partial charge in [-0.15, -0.1) is 6.42 Å². The highest BCUT2D eigenvalue weighted by atomic mass is 16.5. The Morgan fingerprint density at radius 2 is 2.19 bits per heavy atom. The third kappa shape index (κ3) is 3.81. The smallest absolute Gasteiger partial charge is 0.148 e. The van der Waals surface area contributed by atoms with Crippen molar-refractivity contribution in [3.05, 3.63) is 24.3 Å². The van der Waals surface area contributed by atoms with E-state index in [-0.39, 0.29) is 19.8 Å². The number of para-hydroxylation sites is 2. The van der Waals surface area contributed by atoms with Crippen molar-refractivity contribution in [2.45, 2.75) is 6.10 Å². The lowest BCUT2D eigenvalue weighted by atomic mass is 10.2. The molecule has 0 spiro atoms. The van der Waals surface area contributed by atoms with E-state index in [1.807, 2.05) is 18.2 Å². The molecular weight excluding hydrogens is 206 g/mol. The summed E-state index contributed by atoms with van der Waals surface area (Å²) in [4.78, 5) is 0. The third-order valence-corrected chi connectivity index (χ3v) is 1.94. The third-order valence-electron chi connectivity index (χ3n) is 1.94. The number of anilines is 1. The summed E-state index contributed by atoms with van der Waals surface area (Å²) in [5.74, 6) is 3.01. The maximum absolute atomic E-state index is 9.20. The fourth-order valence-corrected chi connectivity index (χ4v) is 1.15. The second kappa shape index (κ2) is 6.72. The highest BCUT2D eigenvalue weighted by molar-refractivity contribution is 5.56. The maximum atomic E-state index is 9.20. The number of terminal acetylenes is 1. The molecule has 86 valence electrons. The molecule has 16 heavy (non-hydrogen) atoms. The molecule has 0 saturated heterocycles. The molecule has 0 radical (unpaired) electrons. The van der Waals surface area contributed by atoms with Crippen molar-refractivity contribution in [1.29, 1.82) is 0 Å². The normalized spacial score (nSPS) is 11.6. The van der Waals surface area contributed by atoms with Crippen molar-refractivity contribution in [3.8, 4) is 18.1 Å². The minimum absolute atomic E-state index is 0.196. The largest absolute Gasteiger partial charge is 0.479 e. The molecule has 1 aromatic carbocycles. The number of aliphatic hydroxyl groups excluding tert-OH is 2. The molecule has 0 heterocycles. The van der Waals surface area contributed by atoms with E-state index in [1.165, 1.54) is 0 Å². The van der Waals surface area contributed by atoms with E-state index in [1.54, 1.807) is 6.07 Å². The molecule has 0 fully saturated rings. The van der Waals surface area contributed by atoms with Gasteiger partial charge in [0, 0.05) is 6.54 Å². The van der Waals surface area contributed by atoms with E-state index in [9.17, 15) is 5.11 Å². The van der Waals surface area contributed by atoms with Crippen LogP contribution in [0.5, 0.6) is 5.75 Å². The molecular formula is C12H15NO3. The molecule has 0 aliphatic heterocycles. The number of ether oxygens (including phenoxy) is 1.